The molecular formula is C16H26N4O2. The number of phenolic OH excluding ortho intramolecular Hbond substituents is 2. The molecule has 1 rings (SSSR count). The molecule has 0 aliphatic heterocycles. The lowest BCUT2D eigenvalue weighted by atomic mass is 10.2. The highest BCUT2D eigenvalue weighted by Crippen LogP contribution is 2.25. The predicted molar refractivity (Wildman–Crippen MR) is 89.8 cm³/mol. The van der Waals surface area contributed by atoms with Gasteiger partial charge in [-0.1, -0.05) is 12.6 Å². The number of guanidine groups is 1. The summed E-state index contributed by atoms with van der Waals surface area (Å²) in [5.74, 6) is 1.18. The molecule has 0 saturated carbocycles. The molecule has 22 heavy (non-hydrogen) atoms. The van der Waals surface area contributed by atoms with Crippen molar-refractivity contribution in [3.05, 3.63) is 36.2 Å². The highest BCUT2D eigenvalue weighted by atomic mass is 16.3. The highest BCUT2D eigenvalue weighted by molar-refractivity contribution is 5.81. The molecule has 0 saturated heterocycles. The number of rotatable bonds is 5. The second kappa shape index (κ2) is 7.59. The molecule has 0 aliphatic carbocycles. The van der Waals surface area contributed by atoms with Crippen LogP contribution in [0.15, 0.2) is 35.6 Å². The predicted octanol–water partition coefficient (Wildman–Crippen LogP) is 1.92. The quantitative estimate of drug-likeness (QED) is 0.440. The molecule has 0 fully saturated rings. The van der Waals surface area contributed by atoms with Crippen molar-refractivity contribution in [3.8, 4) is 11.5 Å². The summed E-state index contributed by atoms with van der Waals surface area (Å²) in [6.45, 7) is 8.58. The lowest BCUT2D eigenvalue weighted by Crippen LogP contribution is -2.40. The number of aliphatic imine (C=N–C) groups is 1. The Balaban J connectivity index is 2.73. The first-order valence-electron chi connectivity index (χ1n) is 7.13. The Morgan fingerprint density at radius 3 is 2.36 bits per heavy atom. The van der Waals surface area contributed by atoms with Gasteiger partial charge in [0.1, 0.15) is 5.82 Å². The maximum Gasteiger partial charge on any atom is 0.199 e. The van der Waals surface area contributed by atoms with Gasteiger partial charge in [-0.25, -0.2) is 0 Å². The van der Waals surface area contributed by atoms with Gasteiger partial charge in [-0.05, 0) is 31.5 Å². The third-order valence-corrected chi connectivity index (χ3v) is 2.98. The Morgan fingerprint density at radius 2 is 1.86 bits per heavy atom. The average Bonchev–Trinajstić information content (AvgIpc) is 2.41. The SMILES string of the molecule is C=C(NC(=NC(C)C)N(C)C)N(C)Cc1ccc(O)c(O)c1. The first kappa shape index (κ1) is 17.7. The molecule has 122 valence electrons. The van der Waals surface area contributed by atoms with Crippen molar-refractivity contribution in [2.45, 2.75) is 26.4 Å². The Labute approximate surface area is 132 Å². The van der Waals surface area contributed by atoms with Crippen LogP contribution in [-0.2, 0) is 6.54 Å². The summed E-state index contributed by atoms with van der Waals surface area (Å²) in [6, 6.07) is 4.94. The third-order valence-electron chi connectivity index (χ3n) is 2.98. The number of nitrogens with one attached hydrogen (secondary N) is 1. The van der Waals surface area contributed by atoms with Crippen molar-refractivity contribution < 1.29 is 10.2 Å². The fourth-order valence-corrected chi connectivity index (χ4v) is 1.77. The monoisotopic (exact) mass is 306 g/mol. The van der Waals surface area contributed by atoms with E-state index in [0.717, 1.165) is 11.5 Å². The standard InChI is InChI=1S/C16H26N4O2/c1-11(2)17-16(19(4)5)18-12(3)20(6)10-13-7-8-14(21)15(22)9-13/h7-9,11,21-22H,3,10H2,1-2,4-6H3,(H,17,18). The van der Waals surface area contributed by atoms with E-state index in [2.05, 4.69) is 16.9 Å². The summed E-state index contributed by atoms with van der Waals surface area (Å²) in [7, 11) is 5.72. The number of benzene rings is 1. The number of phenols is 2. The van der Waals surface area contributed by atoms with E-state index in [4.69, 9.17) is 0 Å². The zero-order chi connectivity index (χ0) is 16.9. The molecule has 0 aliphatic rings. The molecular weight excluding hydrogens is 280 g/mol. The number of hydrogen-bond donors (Lipinski definition) is 3. The van der Waals surface area contributed by atoms with Crippen molar-refractivity contribution in [1.29, 1.82) is 0 Å². The molecule has 6 nitrogen and oxygen atoms in total. The van der Waals surface area contributed by atoms with Crippen molar-refractivity contribution in [1.82, 2.24) is 15.1 Å². The minimum absolute atomic E-state index is 0.123. The number of hydrogen-bond acceptors (Lipinski definition) is 4. The molecule has 3 N–H and O–H groups in total. The summed E-state index contributed by atoms with van der Waals surface area (Å²) in [6.07, 6.45) is 0. The topological polar surface area (TPSA) is 71.3 Å². The number of nitrogens with zero attached hydrogens (tertiary/aromatic N) is 3. The molecule has 6 heteroatoms. The summed E-state index contributed by atoms with van der Waals surface area (Å²) in [5.41, 5.74) is 0.868. The molecule has 0 radical (unpaired) electrons. The minimum atomic E-state index is -0.125. The normalized spacial score (nSPS) is 11.5. The van der Waals surface area contributed by atoms with Crippen molar-refractivity contribution in [3.63, 3.8) is 0 Å². The molecule has 1 aromatic rings. The molecule has 0 aromatic heterocycles. The first-order valence-corrected chi connectivity index (χ1v) is 7.13. The second-order valence-electron chi connectivity index (χ2n) is 5.69. The Morgan fingerprint density at radius 1 is 1.23 bits per heavy atom. The maximum absolute atomic E-state index is 9.54. The van der Waals surface area contributed by atoms with Gasteiger partial charge in [-0.15, -0.1) is 0 Å². The van der Waals surface area contributed by atoms with Crippen LogP contribution in [0.1, 0.15) is 19.4 Å². The van der Waals surface area contributed by atoms with Crippen molar-refractivity contribution in [2.75, 3.05) is 21.1 Å². The Kier molecular flexibility index (Phi) is 6.10. The third kappa shape index (κ3) is 5.20. The van der Waals surface area contributed by atoms with Crippen LogP contribution in [0.2, 0.25) is 0 Å². The second-order valence-corrected chi connectivity index (χ2v) is 5.69. The van der Waals surface area contributed by atoms with Gasteiger partial charge >= 0.3 is 0 Å². The molecule has 0 bridgehead atoms. The first-order chi connectivity index (χ1) is 10.2. The van der Waals surface area contributed by atoms with Crippen LogP contribution < -0.4 is 5.32 Å². The lowest BCUT2D eigenvalue weighted by Gasteiger charge is -2.26. The van der Waals surface area contributed by atoms with Crippen molar-refractivity contribution >= 4 is 5.96 Å². The molecule has 0 spiro atoms. The van der Waals surface area contributed by atoms with Gasteiger partial charge in [-0.2, -0.15) is 0 Å². The lowest BCUT2D eigenvalue weighted by molar-refractivity contribution is 0.383. The zero-order valence-corrected chi connectivity index (χ0v) is 14.0. The van der Waals surface area contributed by atoms with E-state index in [-0.39, 0.29) is 17.5 Å². The zero-order valence-electron chi connectivity index (χ0n) is 14.0. The van der Waals surface area contributed by atoms with E-state index in [1.165, 1.54) is 12.1 Å². The van der Waals surface area contributed by atoms with Crippen LogP contribution in [0.5, 0.6) is 11.5 Å². The van der Waals surface area contributed by atoms with Crippen molar-refractivity contribution in [2.24, 2.45) is 4.99 Å². The van der Waals surface area contributed by atoms with Crippen LogP contribution >= 0.6 is 0 Å². The summed E-state index contributed by atoms with van der Waals surface area (Å²) in [5, 5.41) is 22.1. The van der Waals surface area contributed by atoms with Gasteiger partial charge in [0.15, 0.2) is 17.5 Å². The summed E-state index contributed by atoms with van der Waals surface area (Å²) in [4.78, 5) is 8.30. The van der Waals surface area contributed by atoms with Gasteiger partial charge in [0.05, 0.1) is 0 Å². The van der Waals surface area contributed by atoms with Crippen LogP contribution in [0.4, 0.5) is 0 Å². The van der Waals surface area contributed by atoms with Crippen LogP contribution in [0.3, 0.4) is 0 Å². The largest absolute Gasteiger partial charge is 0.504 e. The highest BCUT2D eigenvalue weighted by Gasteiger charge is 2.09. The Hall–Kier alpha value is -2.37. The van der Waals surface area contributed by atoms with Gasteiger partial charge in [-0.3, -0.25) is 4.99 Å². The molecule has 0 unspecified atom stereocenters. The van der Waals surface area contributed by atoms with E-state index in [1.54, 1.807) is 6.07 Å². The maximum atomic E-state index is 9.54. The minimum Gasteiger partial charge on any atom is -0.504 e. The average molecular weight is 306 g/mol. The van der Waals surface area contributed by atoms with Gasteiger partial charge < -0.3 is 25.3 Å². The van der Waals surface area contributed by atoms with Gasteiger partial charge in [0.25, 0.3) is 0 Å². The fraction of sp³-hybridized carbons (Fsp3) is 0.438. The molecule has 0 amide bonds. The van der Waals surface area contributed by atoms with Gasteiger partial charge in [0, 0.05) is 33.7 Å². The van der Waals surface area contributed by atoms with E-state index < -0.39 is 0 Å². The summed E-state index contributed by atoms with van der Waals surface area (Å²) < 4.78 is 0. The van der Waals surface area contributed by atoms with E-state index in [9.17, 15) is 10.2 Å². The fourth-order valence-electron chi connectivity index (χ4n) is 1.77. The van der Waals surface area contributed by atoms with E-state index in [1.807, 2.05) is 44.8 Å². The van der Waals surface area contributed by atoms with Crippen LogP contribution in [0.25, 0.3) is 0 Å². The van der Waals surface area contributed by atoms with Crippen LogP contribution in [0, 0.1) is 0 Å². The van der Waals surface area contributed by atoms with Crippen LogP contribution in [-0.4, -0.2) is 53.2 Å². The van der Waals surface area contributed by atoms with Gasteiger partial charge in [0.2, 0.25) is 0 Å². The number of aromatic hydroxyl groups is 2. The molecule has 1 aromatic carbocycles. The molecule has 0 heterocycles. The van der Waals surface area contributed by atoms with E-state index in [0.29, 0.717) is 12.4 Å². The molecule has 0 atom stereocenters. The smallest absolute Gasteiger partial charge is 0.199 e. The van der Waals surface area contributed by atoms with E-state index >= 15 is 0 Å². The Bertz CT molecular complexity index is 553. The summed E-state index contributed by atoms with van der Waals surface area (Å²) >= 11 is 0.